The van der Waals surface area contributed by atoms with Crippen LogP contribution in [-0.4, -0.2) is 39.4 Å². The average molecular weight is 390 g/mol. The number of benzene rings is 2. The summed E-state index contributed by atoms with van der Waals surface area (Å²) in [6.07, 6.45) is 0.282. The van der Waals surface area contributed by atoms with E-state index in [0.717, 1.165) is 22.4 Å². The first-order valence-electron chi connectivity index (χ1n) is 10.0. The van der Waals surface area contributed by atoms with Crippen molar-refractivity contribution in [3.05, 3.63) is 65.5 Å². The zero-order chi connectivity index (χ0) is 20.4. The van der Waals surface area contributed by atoms with Crippen LogP contribution < -0.4 is 5.32 Å². The lowest BCUT2D eigenvalue weighted by atomic mass is 10.1. The van der Waals surface area contributed by atoms with Crippen LogP contribution in [0.1, 0.15) is 23.4 Å². The standard InChI is InChI=1S/C23H26N4O2/c1-16-7-9-18(10-8-16)14-26-15-19(13-22(26)28)23(29)24-11-12-27-17(2)25-20-5-3-4-6-21(20)27/h3-10,19H,11-15H2,1-2H3,(H,24,29). The quantitative estimate of drug-likeness (QED) is 0.704. The summed E-state index contributed by atoms with van der Waals surface area (Å²) < 4.78 is 2.11. The molecule has 6 nitrogen and oxygen atoms in total. The van der Waals surface area contributed by atoms with Crippen molar-refractivity contribution in [1.29, 1.82) is 0 Å². The van der Waals surface area contributed by atoms with Gasteiger partial charge in [-0.3, -0.25) is 9.59 Å². The van der Waals surface area contributed by atoms with Gasteiger partial charge >= 0.3 is 0 Å². The summed E-state index contributed by atoms with van der Waals surface area (Å²) >= 11 is 0. The Balaban J connectivity index is 1.31. The first kappa shape index (κ1) is 19.2. The molecule has 1 aromatic heterocycles. The number of hydrogen-bond acceptors (Lipinski definition) is 3. The van der Waals surface area contributed by atoms with Crippen molar-refractivity contribution in [3.8, 4) is 0 Å². The summed E-state index contributed by atoms with van der Waals surface area (Å²) in [5.41, 5.74) is 4.32. The topological polar surface area (TPSA) is 67.2 Å². The molecule has 2 heterocycles. The number of amides is 2. The zero-order valence-electron chi connectivity index (χ0n) is 16.9. The largest absolute Gasteiger partial charge is 0.354 e. The number of aryl methyl sites for hydroxylation is 2. The lowest BCUT2D eigenvalue weighted by Gasteiger charge is -2.17. The molecule has 1 saturated heterocycles. The van der Waals surface area contributed by atoms with Gasteiger partial charge in [0.2, 0.25) is 11.8 Å². The molecule has 1 unspecified atom stereocenters. The zero-order valence-corrected chi connectivity index (χ0v) is 16.9. The summed E-state index contributed by atoms with van der Waals surface area (Å²) in [4.78, 5) is 31.3. The second kappa shape index (κ2) is 8.07. The Bertz CT molecular complexity index is 1040. The van der Waals surface area contributed by atoms with E-state index in [9.17, 15) is 9.59 Å². The molecule has 6 heteroatoms. The average Bonchev–Trinajstić information content (AvgIpc) is 3.23. The van der Waals surface area contributed by atoms with E-state index in [0.29, 0.717) is 26.2 Å². The third-order valence-electron chi connectivity index (χ3n) is 5.56. The molecule has 1 atom stereocenters. The van der Waals surface area contributed by atoms with Crippen molar-refractivity contribution >= 4 is 22.8 Å². The number of nitrogens with zero attached hydrogens (tertiary/aromatic N) is 3. The van der Waals surface area contributed by atoms with Crippen molar-refractivity contribution in [3.63, 3.8) is 0 Å². The fraction of sp³-hybridized carbons (Fsp3) is 0.348. The van der Waals surface area contributed by atoms with Crippen LogP contribution in [0.3, 0.4) is 0 Å². The molecule has 0 radical (unpaired) electrons. The number of carbonyl (C=O) groups is 2. The van der Waals surface area contributed by atoms with E-state index < -0.39 is 0 Å². The number of imidazole rings is 1. The van der Waals surface area contributed by atoms with Gasteiger partial charge in [0, 0.05) is 32.6 Å². The van der Waals surface area contributed by atoms with Gasteiger partial charge in [-0.05, 0) is 31.5 Å². The van der Waals surface area contributed by atoms with Gasteiger partial charge in [-0.1, -0.05) is 42.0 Å². The van der Waals surface area contributed by atoms with E-state index in [2.05, 4.69) is 14.9 Å². The highest BCUT2D eigenvalue weighted by molar-refractivity contribution is 5.89. The minimum absolute atomic E-state index is 0.0437. The summed E-state index contributed by atoms with van der Waals surface area (Å²) in [5.74, 6) is 0.642. The third-order valence-corrected chi connectivity index (χ3v) is 5.56. The molecule has 0 saturated carbocycles. The van der Waals surface area contributed by atoms with Crippen molar-refractivity contribution in [2.24, 2.45) is 5.92 Å². The highest BCUT2D eigenvalue weighted by atomic mass is 16.2. The van der Waals surface area contributed by atoms with Gasteiger partial charge in [0.15, 0.2) is 0 Å². The number of aromatic nitrogens is 2. The highest BCUT2D eigenvalue weighted by Gasteiger charge is 2.34. The van der Waals surface area contributed by atoms with Gasteiger partial charge in [-0.15, -0.1) is 0 Å². The molecule has 150 valence electrons. The van der Waals surface area contributed by atoms with Gasteiger partial charge < -0.3 is 14.8 Å². The summed E-state index contributed by atoms with van der Waals surface area (Å²) in [5, 5.41) is 3.00. The van der Waals surface area contributed by atoms with Crippen LogP contribution >= 0.6 is 0 Å². The molecule has 1 aliphatic rings. The molecular formula is C23H26N4O2. The second-order valence-electron chi connectivity index (χ2n) is 7.75. The molecule has 0 spiro atoms. The molecule has 1 aliphatic heterocycles. The number of carbonyl (C=O) groups excluding carboxylic acids is 2. The Morgan fingerprint density at radius 2 is 1.90 bits per heavy atom. The Kier molecular flexibility index (Phi) is 5.34. The monoisotopic (exact) mass is 390 g/mol. The molecule has 1 fully saturated rings. The van der Waals surface area contributed by atoms with E-state index in [1.54, 1.807) is 4.90 Å². The first-order valence-corrected chi connectivity index (χ1v) is 10.0. The number of para-hydroxylation sites is 2. The highest BCUT2D eigenvalue weighted by Crippen LogP contribution is 2.21. The van der Waals surface area contributed by atoms with Crippen LogP contribution in [0.25, 0.3) is 11.0 Å². The lowest BCUT2D eigenvalue weighted by Crippen LogP contribution is -2.34. The van der Waals surface area contributed by atoms with Crippen LogP contribution in [-0.2, 0) is 22.7 Å². The summed E-state index contributed by atoms with van der Waals surface area (Å²) in [7, 11) is 0. The fourth-order valence-electron chi connectivity index (χ4n) is 3.93. The number of nitrogens with one attached hydrogen (secondary N) is 1. The van der Waals surface area contributed by atoms with Crippen molar-refractivity contribution < 1.29 is 9.59 Å². The van der Waals surface area contributed by atoms with Crippen LogP contribution in [0.4, 0.5) is 0 Å². The molecule has 0 aliphatic carbocycles. The van der Waals surface area contributed by atoms with Crippen molar-refractivity contribution in [2.75, 3.05) is 13.1 Å². The van der Waals surface area contributed by atoms with Gasteiger partial charge in [0.1, 0.15) is 5.82 Å². The molecule has 2 amide bonds. The fourth-order valence-corrected chi connectivity index (χ4v) is 3.93. The normalized spacial score (nSPS) is 16.6. The Morgan fingerprint density at radius 1 is 1.14 bits per heavy atom. The minimum Gasteiger partial charge on any atom is -0.354 e. The van der Waals surface area contributed by atoms with Crippen molar-refractivity contribution in [1.82, 2.24) is 19.8 Å². The molecular weight excluding hydrogens is 364 g/mol. The molecule has 29 heavy (non-hydrogen) atoms. The van der Waals surface area contributed by atoms with Gasteiger partial charge in [-0.25, -0.2) is 4.98 Å². The van der Waals surface area contributed by atoms with Gasteiger partial charge in [0.25, 0.3) is 0 Å². The van der Waals surface area contributed by atoms with E-state index in [1.165, 1.54) is 5.56 Å². The van der Waals surface area contributed by atoms with Gasteiger partial charge in [0.05, 0.1) is 17.0 Å². The molecule has 0 bridgehead atoms. The first-order chi connectivity index (χ1) is 14.0. The number of hydrogen-bond donors (Lipinski definition) is 1. The van der Waals surface area contributed by atoms with E-state index in [-0.39, 0.29) is 24.2 Å². The smallest absolute Gasteiger partial charge is 0.225 e. The minimum atomic E-state index is -0.284. The predicted octanol–water partition coefficient (Wildman–Crippen LogP) is 2.82. The SMILES string of the molecule is Cc1ccc(CN2CC(C(=O)NCCn3c(C)nc4ccccc43)CC2=O)cc1. The Hall–Kier alpha value is -3.15. The maximum atomic E-state index is 12.6. The van der Waals surface area contributed by atoms with Crippen LogP contribution in [0, 0.1) is 19.8 Å². The van der Waals surface area contributed by atoms with Gasteiger partial charge in [-0.2, -0.15) is 0 Å². The number of fused-ring (bicyclic) bond motifs is 1. The molecule has 1 N–H and O–H groups in total. The maximum absolute atomic E-state index is 12.6. The molecule has 2 aromatic carbocycles. The Labute approximate surface area is 170 Å². The van der Waals surface area contributed by atoms with E-state index in [4.69, 9.17) is 0 Å². The van der Waals surface area contributed by atoms with Crippen LogP contribution in [0.15, 0.2) is 48.5 Å². The number of likely N-dealkylation sites (tertiary alicyclic amines) is 1. The second-order valence-corrected chi connectivity index (χ2v) is 7.75. The Morgan fingerprint density at radius 3 is 2.69 bits per heavy atom. The maximum Gasteiger partial charge on any atom is 0.225 e. The van der Waals surface area contributed by atoms with Crippen molar-refractivity contribution in [2.45, 2.75) is 33.4 Å². The summed E-state index contributed by atoms with van der Waals surface area (Å²) in [6.45, 7) is 6.23. The summed E-state index contributed by atoms with van der Waals surface area (Å²) in [6, 6.07) is 16.1. The predicted molar refractivity (Wildman–Crippen MR) is 112 cm³/mol. The van der Waals surface area contributed by atoms with Crippen LogP contribution in [0.5, 0.6) is 0 Å². The molecule has 4 rings (SSSR count). The molecule has 3 aromatic rings. The third kappa shape index (κ3) is 4.16. The van der Waals surface area contributed by atoms with E-state index in [1.807, 2.05) is 62.4 Å². The number of rotatable bonds is 6. The van der Waals surface area contributed by atoms with Crippen LogP contribution in [0.2, 0.25) is 0 Å². The van der Waals surface area contributed by atoms with E-state index >= 15 is 0 Å². The lowest BCUT2D eigenvalue weighted by molar-refractivity contribution is -0.129.